The molecule has 3 heterocycles. The van der Waals surface area contributed by atoms with E-state index in [0.29, 0.717) is 53.6 Å². The van der Waals surface area contributed by atoms with E-state index in [-0.39, 0.29) is 23.5 Å². The molecule has 200 valence electrons. The highest BCUT2D eigenvalue weighted by molar-refractivity contribution is 5.94. The molecule has 2 N–H and O–H groups in total. The smallest absolute Gasteiger partial charge is 0.256 e. The van der Waals surface area contributed by atoms with Gasteiger partial charge in [-0.15, -0.1) is 0 Å². The standard InChI is InChI=1S/C28H26F2N6O3/c1-16-22-9-10-25(38)36(26(22)34-28(33-16)35-12-11-31-15-24(35)17(2)37)21-7-4-18(5-8-21)27(39)32-14-19-3-6-20(29)13-23(19)30/h3-10,13,24,31H,11-12,14-15H2,1-2H3,(H,32,39). The van der Waals surface area contributed by atoms with E-state index in [1.807, 2.05) is 11.8 Å². The first-order chi connectivity index (χ1) is 18.7. The van der Waals surface area contributed by atoms with Crippen LogP contribution < -0.4 is 21.1 Å². The molecule has 2 aromatic carbocycles. The molecule has 0 radical (unpaired) electrons. The quantitative estimate of drug-likeness (QED) is 0.393. The van der Waals surface area contributed by atoms with Crippen LogP contribution in [-0.4, -0.2) is 51.9 Å². The molecule has 1 fully saturated rings. The molecule has 0 spiro atoms. The summed E-state index contributed by atoms with van der Waals surface area (Å²) in [6.07, 6.45) is 0. The van der Waals surface area contributed by atoms with E-state index in [0.717, 1.165) is 12.1 Å². The number of Topliss-reactive ketones (excluding diaryl/α,β-unsaturated/α-hetero) is 1. The molecular formula is C28H26F2N6O3. The van der Waals surface area contributed by atoms with E-state index in [9.17, 15) is 23.2 Å². The first-order valence-electron chi connectivity index (χ1n) is 12.4. The van der Waals surface area contributed by atoms with Gasteiger partial charge in [-0.1, -0.05) is 6.07 Å². The van der Waals surface area contributed by atoms with Gasteiger partial charge in [-0.3, -0.25) is 19.0 Å². The molecule has 9 nitrogen and oxygen atoms in total. The summed E-state index contributed by atoms with van der Waals surface area (Å²) in [5, 5.41) is 6.50. The fraction of sp³-hybridized carbons (Fsp3) is 0.250. The minimum absolute atomic E-state index is 0.00923. The van der Waals surface area contributed by atoms with Crippen molar-refractivity contribution in [2.24, 2.45) is 0 Å². The van der Waals surface area contributed by atoms with E-state index < -0.39 is 23.6 Å². The summed E-state index contributed by atoms with van der Waals surface area (Å²) in [7, 11) is 0. The lowest BCUT2D eigenvalue weighted by atomic mass is 10.1. The molecule has 39 heavy (non-hydrogen) atoms. The second-order valence-corrected chi connectivity index (χ2v) is 9.34. The van der Waals surface area contributed by atoms with Crippen LogP contribution in [0.1, 0.15) is 28.5 Å². The lowest BCUT2D eigenvalue weighted by Crippen LogP contribution is -2.55. The topological polar surface area (TPSA) is 109 Å². The average molecular weight is 533 g/mol. The first-order valence-corrected chi connectivity index (χ1v) is 12.4. The molecule has 1 aliphatic heterocycles. The Balaban J connectivity index is 1.46. The van der Waals surface area contributed by atoms with Gasteiger partial charge in [0.15, 0.2) is 11.4 Å². The maximum absolute atomic E-state index is 13.9. The van der Waals surface area contributed by atoms with Gasteiger partial charge in [0, 0.05) is 54.8 Å². The summed E-state index contributed by atoms with van der Waals surface area (Å²) in [5.41, 5.74) is 1.67. The lowest BCUT2D eigenvalue weighted by Gasteiger charge is -2.34. The number of carbonyl (C=O) groups excluding carboxylic acids is 2. The number of hydrogen-bond acceptors (Lipinski definition) is 7. The monoisotopic (exact) mass is 532 g/mol. The summed E-state index contributed by atoms with van der Waals surface area (Å²) in [4.78, 5) is 49.1. The van der Waals surface area contributed by atoms with Gasteiger partial charge < -0.3 is 15.5 Å². The first kappa shape index (κ1) is 26.1. The average Bonchev–Trinajstić information content (AvgIpc) is 2.92. The summed E-state index contributed by atoms with van der Waals surface area (Å²) < 4.78 is 28.5. The summed E-state index contributed by atoms with van der Waals surface area (Å²) in [6, 6.07) is 12.2. The minimum atomic E-state index is -0.743. The van der Waals surface area contributed by atoms with Crippen LogP contribution in [0.4, 0.5) is 14.7 Å². The minimum Gasteiger partial charge on any atom is -0.348 e. The highest BCUT2D eigenvalue weighted by Crippen LogP contribution is 2.23. The second kappa shape index (κ2) is 10.7. The SMILES string of the molecule is CC(=O)C1CNCCN1c1nc(C)c2ccc(=O)n(-c3ccc(C(=O)NCc4ccc(F)cc4F)cc3)c2n1. The number of benzene rings is 2. The van der Waals surface area contributed by atoms with Gasteiger partial charge in [0.1, 0.15) is 17.7 Å². The van der Waals surface area contributed by atoms with Crippen LogP contribution in [0, 0.1) is 18.6 Å². The summed E-state index contributed by atoms with van der Waals surface area (Å²) in [6.45, 7) is 4.94. The number of nitrogens with zero attached hydrogens (tertiary/aromatic N) is 4. The maximum atomic E-state index is 13.9. The number of hydrogen-bond donors (Lipinski definition) is 2. The number of fused-ring (bicyclic) bond motifs is 1. The van der Waals surface area contributed by atoms with Gasteiger partial charge in [0.2, 0.25) is 5.95 Å². The number of pyridine rings is 1. The van der Waals surface area contributed by atoms with Crippen LogP contribution in [-0.2, 0) is 11.3 Å². The number of ketones is 1. The number of halogens is 2. The molecule has 0 bridgehead atoms. The number of anilines is 1. The molecule has 1 saturated heterocycles. The normalized spacial score (nSPS) is 15.4. The van der Waals surface area contributed by atoms with E-state index in [1.54, 1.807) is 30.3 Å². The highest BCUT2D eigenvalue weighted by Gasteiger charge is 2.28. The van der Waals surface area contributed by atoms with Crippen molar-refractivity contribution >= 4 is 28.7 Å². The number of aryl methyl sites for hydroxylation is 1. The third-order valence-corrected chi connectivity index (χ3v) is 6.74. The molecule has 0 saturated carbocycles. The summed E-state index contributed by atoms with van der Waals surface area (Å²) in [5.74, 6) is -1.53. The van der Waals surface area contributed by atoms with Gasteiger partial charge >= 0.3 is 0 Å². The van der Waals surface area contributed by atoms with Crippen molar-refractivity contribution in [2.45, 2.75) is 26.4 Å². The third-order valence-electron chi connectivity index (χ3n) is 6.74. The van der Waals surface area contributed by atoms with Crippen molar-refractivity contribution in [2.75, 3.05) is 24.5 Å². The fourth-order valence-electron chi connectivity index (χ4n) is 4.64. The summed E-state index contributed by atoms with van der Waals surface area (Å²) >= 11 is 0. The maximum Gasteiger partial charge on any atom is 0.256 e. The Kier molecular flexibility index (Phi) is 7.16. The van der Waals surface area contributed by atoms with Crippen molar-refractivity contribution in [3.05, 3.63) is 93.4 Å². The van der Waals surface area contributed by atoms with E-state index in [4.69, 9.17) is 4.98 Å². The zero-order valence-corrected chi connectivity index (χ0v) is 21.4. The van der Waals surface area contributed by atoms with Crippen LogP contribution in [0.5, 0.6) is 0 Å². The zero-order valence-electron chi connectivity index (χ0n) is 21.4. The molecule has 2 aromatic heterocycles. The third kappa shape index (κ3) is 5.26. The van der Waals surface area contributed by atoms with Crippen LogP contribution in [0.2, 0.25) is 0 Å². The van der Waals surface area contributed by atoms with Crippen LogP contribution in [0.15, 0.2) is 59.4 Å². The van der Waals surface area contributed by atoms with Gasteiger partial charge in [-0.05, 0) is 50.2 Å². The van der Waals surface area contributed by atoms with Gasteiger partial charge in [-0.2, -0.15) is 4.98 Å². The molecule has 1 atom stereocenters. The Bertz CT molecular complexity index is 1640. The second-order valence-electron chi connectivity index (χ2n) is 9.34. The van der Waals surface area contributed by atoms with Crippen molar-refractivity contribution in [1.29, 1.82) is 0 Å². The Hall–Kier alpha value is -4.51. The number of nitrogens with one attached hydrogen (secondary N) is 2. The van der Waals surface area contributed by atoms with E-state index in [2.05, 4.69) is 15.6 Å². The highest BCUT2D eigenvalue weighted by atomic mass is 19.1. The van der Waals surface area contributed by atoms with Crippen LogP contribution in [0.3, 0.4) is 0 Å². The number of amides is 1. The van der Waals surface area contributed by atoms with Gasteiger partial charge in [0.25, 0.3) is 11.5 Å². The number of aromatic nitrogens is 3. The number of piperazine rings is 1. The molecule has 1 aliphatic rings. The number of carbonyl (C=O) groups is 2. The Morgan fingerprint density at radius 2 is 1.85 bits per heavy atom. The molecule has 1 unspecified atom stereocenters. The number of rotatable bonds is 6. The Labute approximate surface area is 222 Å². The Morgan fingerprint density at radius 1 is 1.08 bits per heavy atom. The molecule has 1 amide bonds. The Morgan fingerprint density at radius 3 is 2.56 bits per heavy atom. The fourth-order valence-corrected chi connectivity index (χ4v) is 4.64. The van der Waals surface area contributed by atoms with Crippen LogP contribution >= 0.6 is 0 Å². The molecule has 5 rings (SSSR count). The lowest BCUT2D eigenvalue weighted by molar-refractivity contribution is -0.118. The molecule has 11 heteroatoms. The van der Waals surface area contributed by atoms with E-state index >= 15 is 0 Å². The largest absolute Gasteiger partial charge is 0.348 e. The molecule has 0 aliphatic carbocycles. The predicted molar refractivity (Wildman–Crippen MR) is 142 cm³/mol. The van der Waals surface area contributed by atoms with E-state index in [1.165, 1.54) is 23.6 Å². The van der Waals surface area contributed by atoms with Crippen LogP contribution in [0.25, 0.3) is 16.7 Å². The zero-order chi connectivity index (χ0) is 27.7. The van der Waals surface area contributed by atoms with Crippen molar-refractivity contribution in [1.82, 2.24) is 25.2 Å². The van der Waals surface area contributed by atoms with Gasteiger partial charge in [-0.25, -0.2) is 13.8 Å². The van der Waals surface area contributed by atoms with Crippen molar-refractivity contribution < 1.29 is 18.4 Å². The predicted octanol–water partition coefficient (Wildman–Crippen LogP) is 2.66. The molecular weight excluding hydrogens is 506 g/mol. The molecule has 4 aromatic rings. The van der Waals surface area contributed by atoms with Crippen molar-refractivity contribution in [3.8, 4) is 5.69 Å². The van der Waals surface area contributed by atoms with Crippen molar-refractivity contribution in [3.63, 3.8) is 0 Å². The van der Waals surface area contributed by atoms with Gasteiger partial charge in [0.05, 0.1) is 11.4 Å².